The minimum atomic E-state index is -4.20. The number of amides is 2. The summed E-state index contributed by atoms with van der Waals surface area (Å²) in [6.07, 6.45) is 0. The molecule has 1 heterocycles. The van der Waals surface area contributed by atoms with Crippen LogP contribution in [0.3, 0.4) is 0 Å². The Kier molecular flexibility index (Phi) is 9.14. The molecule has 0 spiro atoms. The van der Waals surface area contributed by atoms with Gasteiger partial charge in [-0.25, -0.2) is 8.42 Å². The van der Waals surface area contributed by atoms with Crippen LogP contribution in [-0.2, 0) is 26.2 Å². The highest BCUT2D eigenvalue weighted by atomic mass is 35.5. The maximum atomic E-state index is 14.0. The van der Waals surface area contributed by atoms with Crippen molar-refractivity contribution < 1.29 is 27.5 Å². The fraction of sp³-hybridized carbons (Fsp3) is 0.333. The smallest absolute Gasteiger partial charge is 0.264 e. The maximum absolute atomic E-state index is 14.0. The number of halogens is 1. The zero-order valence-electron chi connectivity index (χ0n) is 23.5. The lowest BCUT2D eigenvalue weighted by molar-refractivity contribution is -0.140. The number of hydrogen-bond acceptors (Lipinski definition) is 6. The SMILES string of the molecule is CC(C(=O)NC(C)(C)C)N(Cc1cccc(Cl)c1)C(=O)CN(c1ccc2c(c1)OCCO2)S(=O)(=O)c1ccccc1. The Balaban J connectivity index is 1.74. The highest BCUT2D eigenvalue weighted by Crippen LogP contribution is 2.36. The van der Waals surface area contributed by atoms with Crippen LogP contribution in [0.25, 0.3) is 0 Å². The van der Waals surface area contributed by atoms with E-state index in [0.29, 0.717) is 35.3 Å². The van der Waals surface area contributed by atoms with E-state index in [4.69, 9.17) is 21.1 Å². The highest BCUT2D eigenvalue weighted by Gasteiger charge is 2.34. The topological polar surface area (TPSA) is 105 Å². The van der Waals surface area contributed by atoms with Crippen LogP contribution in [0, 0.1) is 0 Å². The molecule has 1 aliphatic heterocycles. The Bertz CT molecular complexity index is 1510. The van der Waals surface area contributed by atoms with Crippen LogP contribution in [-0.4, -0.2) is 56.5 Å². The molecule has 0 aromatic heterocycles. The molecule has 0 radical (unpaired) electrons. The maximum Gasteiger partial charge on any atom is 0.264 e. The lowest BCUT2D eigenvalue weighted by atomic mass is 10.1. The average molecular weight is 600 g/mol. The number of nitrogens with zero attached hydrogens (tertiary/aromatic N) is 2. The second kappa shape index (κ2) is 12.4. The number of ether oxygens (including phenoxy) is 2. The first-order valence-corrected chi connectivity index (χ1v) is 15.0. The van der Waals surface area contributed by atoms with Gasteiger partial charge in [0, 0.05) is 23.2 Å². The van der Waals surface area contributed by atoms with E-state index in [2.05, 4.69) is 5.32 Å². The molecule has 4 rings (SSSR count). The summed E-state index contributed by atoms with van der Waals surface area (Å²) < 4.78 is 40.2. The van der Waals surface area contributed by atoms with E-state index >= 15 is 0 Å². The molecule has 9 nitrogen and oxygen atoms in total. The Morgan fingerprint density at radius 1 is 0.951 bits per heavy atom. The van der Waals surface area contributed by atoms with Crippen molar-refractivity contribution >= 4 is 39.1 Å². The first-order valence-electron chi connectivity index (χ1n) is 13.2. The van der Waals surface area contributed by atoms with Gasteiger partial charge < -0.3 is 19.7 Å². The molecule has 0 fully saturated rings. The molecular weight excluding hydrogens is 566 g/mol. The first kappa shape index (κ1) is 30.2. The molecule has 1 N–H and O–H groups in total. The van der Waals surface area contributed by atoms with Gasteiger partial charge in [-0.3, -0.25) is 13.9 Å². The van der Waals surface area contributed by atoms with Gasteiger partial charge in [0.05, 0.1) is 10.6 Å². The normalized spacial score (nSPS) is 13.7. The van der Waals surface area contributed by atoms with Crippen LogP contribution < -0.4 is 19.1 Å². The van der Waals surface area contributed by atoms with Crippen molar-refractivity contribution in [3.05, 3.63) is 83.4 Å². The second-order valence-electron chi connectivity index (χ2n) is 10.7. The number of anilines is 1. The number of sulfonamides is 1. The average Bonchev–Trinajstić information content (AvgIpc) is 2.93. The lowest BCUT2D eigenvalue weighted by Gasteiger charge is -2.33. The molecule has 218 valence electrons. The molecule has 0 bridgehead atoms. The Morgan fingerprint density at radius 2 is 1.63 bits per heavy atom. The van der Waals surface area contributed by atoms with E-state index in [0.717, 1.165) is 4.31 Å². The Morgan fingerprint density at radius 3 is 2.29 bits per heavy atom. The van der Waals surface area contributed by atoms with Crippen LogP contribution in [0.15, 0.2) is 77.7 Å². The monoisotopic (exact) mass is 599 g/mol. The summed E-state index contributed by atoms with van der Waals surface area (Å²) in [6.45, 7) is 7.32. The van der Waals surface area contributed by atoms with Crippen molar-refractivity contribution in [3.8, 4) is 11.5 Å². The molecule has 11 heteroatoms. The van der Waals surface area contributed by atoms with Gasteiger partial charge in [0.25, 0.3) is 10.0 Å². The molecule has 41 heavy (non-hydrogen) atoms. The largest absolute Gasteiger partial charge is 0.486 e. The fourth-order valence-corrected chi connectivity index (χ4v) is 5.96. The number of carbonyl (C=O) groups excluding carboxylic acids is 2. The van der Waals surface area contributed by atoms with Gasteiger partial charge in [0.1, 0.15) is 25.8 Å². The van der Waals surface area contributed by atoms with Crippen LogP contribution in [0.5, 0.6) is 11.5 Å². The number of nitrogens with one attached hydrogen (secondary N) is 1. The number of carbonyl (C=O) groups is 2. The molecule has 0 aliphatic carbocycles. The van der Waals surface area contributed by atoms with Crippen LogP contribution in [0.4, 0.5) is 5.69 Å². The third-order valence-corrected chi connectivity index (χ3v) is 8.35. The first-order chi connectivity index (χ1) is 19.3. The minimum Gasteiger partial charge on any atom is -0.486 e. The standard InChI is InChI=1S/C30H34ClN3O6S/c1-21(29(36)32-30(2,3)4)33(19-22-9-8-10-23(31)17-22)28(35)20-34(41(37,38)25-11-6-5-7-12-25)24-13-14-26-27(18-24)40-16-15-39-26/h5-14,17-18,21H,15-16,19-20H2,1-4H3,(H,32,36). The number of hydrogen-bond donors (Lipinski definition) is 1. The van der Waals surface area contributed by atoms with Gasteiger partial charge in [-0.15, -0.1) is 0 Å². The van der Waals surface area contributed by atoms with Crippen molar-refractivity contribution in [3.63, 3.8) is 0 Å². The molecule has 0 saturated carbocycles. The van der Waals surface area contributed by atoms with Crippen molar-refractivity contribution in [2.75, 3.05) is 24.1 Å². The van der Waals surface area contributed by atoms with Gasteiger partial charge in [-0.1, -0.05) is 41.9 Å². The van der Waals surface area contributed by atoms with Crippen molar-refractivity contribution in [1.29, 1.82) is 0 Å². The summed E-state index contributed by atoms with van der Waals surface area (Å²) in [5.41, 5.74) is 0.378. The van der Waals surface area contributed by atoms with E-state index in [1.54, 1.807) is 67.6 Å². The van der Waals surface area contributed by atoms with Gasteiger partial charge >= 0.3 is 0 Å². The fourth-order valence-electron chi connectivity index (χ4n) is 4.32. The second-order valence-corrected chi connectivity index (χ2v) is 13.0. The molecule has 2 amide bonds. The van der Waals surface area contributed by atoms with Gasteiger partial charge in [-0.2, -0.15) is 0 Å². The molecular formula is C30H34ClN3O6S. The predicted octanol–water partition coefficient (Wildman–Crippen LogP) is 4.64. The molecule has 0 saturated heterocycles. The Hall–Kier alpha value is -3.76. The van der Waals surface area contributed by atoms with Gasteiger partial charge in [0.15, 0.2) is 11.5 Å². The number of rotatable bonds is 9. The molecule has 3 aromatic carbocycles. The van der Waals surface area contributed by atoms with E-state index in [9.17, 15) is 18.0 Å². The van der Waals surface area contributed by atoms with Crippen molar-refractivity contribution in [2.45, 2.75) is 50.7 Å². The summed E-state index contributed by atoms with van der Waals surface area (Å²) in [7, 11) is -4.20. The quantitative estimate of drug-likeness (QED) is 0.384. The lowest BCUT2D eigenvalue weighted by Crippen LogP contribution is -2.54. The molecule has 1 atom stereocenters. The molecule has 1 aliphatic rings. The third-order valence-electron chi connectivity index (χ3n) is 6.33. The zero-order chi connectivity index (χ0) is 29.8. The van der Waals surface area contributed by atoms with E-state index < -0.39 is 34.1 Å². The van der Waals surface area contributed by atoms with Gasteiger partial charge in [0.2, 0.25) is 11.8 Å². The molecule has 3 aromatic rings. The number of fused-ring (bicyclic) bond motifs is 1. The van der Waals surface area contributed by atoms with E-state index in [1.807, 2.05) is 20.8 Å². The Labute approximate surface area is 246 Å². The predicted molar refractivity (Wildman–Crippen MR) is 158 cm³/mol. The van der Waals surface area contributed by atoms with Crippen molar-refractivity contribution in [1.82, 2.24) is 10.2 Å². The highest BCUT2D eigenvalue weighted by molar-refractivity contribution is 7.92. The van der Waals surface area contributed by atoms with Gasteiger partial charge in [-0.05, 0) is 69.7 Å². The van der Waals surface area contributed by atoms with Crippen molar-refractivity contribution in [2.24, 2.45) is 0 Å². The van der Waals surface area contributed by atoms with Crippen LogP contribution in [0.2, 0.25) is 5.02 Å². The van der Waals surface area contributed by atoms with E-state index in [1.165, 1.54) is 17.0 Å². The zero-order valence-corrected chi connectivity index (χ0v) is 25.0. The third kappa shape index (κ3) is 7.51. The summed E-state index contributed by atoms with van der Waals surface area (Å²) in [5.74, 6) is -0.0813. The number of benzene rings is 3. The summed E-state index contributed by atoms with van der Waals surface area (Å²) in [4.78, 5) is 28.6. The summed E-state index contributed by atoms with van der Waals surface area (Å²) in [5, 5.41) is 3.38. The minimum absolute atomic E-state index is 0.0163. The van der Waals surface area contributed by atoms with Crippen LogP contribution in [0.1, 0.15) is 33.3 Å². The molecule has 1 unspecified atom stereocenters. The summed E-state index contributed by atoms with van der Waals surface area (Å²) in [6, 6.07) is 18.6. The van der Waals surface area contributed by atoms with E-state index in [-0.39, 0.29) is 23.0 Å². The van der Waals surface area contributed by atoms with Crippen LogP contribution >= 0.6 is 11.6 Å². The summed E-state index contributed by atoms with van der Waals surface area (Å²) >= 11 is 6.19.